The van der Waals surface area contributed by atoms with Gasteiger partial charge in [0.05, 0.1) is 26.9 Å². The van der Waals surface area contributed by atoms with Gasteiger partial charge in [-0.15, -0.1) is 0 Å². The third kappa shape index (κ3) is 4.08. The molecule has 0 spiro atoms. The molecule has 0 radical (unpaired) electrons. The third-order valence-corrected chi connectivity index (χ3v) is 5.52. The normalized spacial score (nSPS) is 15.2. The minimum Gasteiger partial charge on any atom is -0.497 e. The number of nitrogens with zero attached hydrogens (tertiary/aromatic N) is 5. The van der Waals surface area contributed by atoms with E-state index in [0.717, 1.165) is 4.57 Å². The molecule has 1 saturated heterocycles. The molecule has 1 unspecified atom stereocenters. The zero-order valence-corrected chi connectivity index (χ0v) is 18.4. The molecule has 3 aromatic rings. The number of hydrogen-bond acceptors (Lipinski definition) is 8. The quantitative estimate of drug-likeness (QED) is 0.528. The first kappa shape index (κ1) is 21.9. The Balaban J connectivity index is 1.66. The lowest BCUT2D eigenvalue weighted by Gasteiger charge is -2.28. The van der Waals surface area contributed by atoms with Gasteiger partial charge in [-0.1, -0.05) is 0 Å². The van der Waals surface area contributed by atoms with E-state index < -0.39 is 17.4 Å². The van der Waals surface area contributed by atoms with E-state index in [9.17, 15) is 14.7 Å². The van der Waals surface area contributed by atoms with Crippen LogP contribution in [-0.2, 0) is 25.4 Å². The van der Waals surface area contributed by atoms with Crippen LogP contribution in [0.25, 0.3) is 11.2 Å². The zero-order chi connectivity index (χ0) is 22.8. The molecule has 11 heteroatoms. The van der Waals surface area contributed by atoms with E-state index >= 15 is 0 Å². The maximum absolute atomic E-state index is 13.0. The molecular weight excluding hydrogens is 418 g/mol. The molecular formula is C21H27N5O6. The van der Waals surface area contributed by atoms with Crippen molar-refractivity contribution >= 4 is 17.1 Å². The summed E-state index contributed by atoms with van der Waals surface area (Å²) in [6, 6.07) is 7.05. The summed E-state index contributed by atoms with van der Waals surface area (Å²) in [6.07, 6.45) is -0.920. The number of rotatable bonds is 7. The highest BCUT2D eigenvalue weighted by Gasteiger charge is 2.25. The largest absolute Gasteiger partial charge is 0.497 e. The first-order valence-electron chi connectivity index (χ1n) is 10.3. The number of ether oxygens (including phenoxy) is 3. The second-order valence-corrected chi connectivity index (χ2v) is 7.64. The highest BCUT2D eigenvalue weighted by Crippen LogP contribution is 2.22. The third-order valence-electron chi connectivity index (χ3n) is 5.52. The van der Waals surface area contributed by atoms with Crippen LogP contribution in [0.5, 0.6) is 11.5 Å². The smallest absolute Gasteiger partial charge is 0.332 e. The van der Waals surface area contributed by atoms with Crippen molar-refractivity contribution in [2.75, 3.05) is 44.9 Å². The molecule has 1 aliphatic heterocycles. The van der Waals surface area contributed by atoms with Crippen molar-refractivity contribution in [3.63, 3.8) is 0 Å². The molecule has 1 aromatic carbocycles. The molecule has 4 rings (SSSR count). The summed E-state index contributed by atoms with van der Waals surface area (Å²) in [6.45, 7) is 2.34. The van der Waals surface area contributed by atoms with E-state index in [1.807, 2.05) is 4.90 Å². The zero-order valence-electron chi connectivity index (χ0n) is 18.4. The summed E-state index contributed by atoms with van der Waals surface area (Å²) in [7, 11) is 4.59. The van der Waals surface area contributed by atoms with Crippen LogP contribution in [-0.4, -0.2) is 69.9 Å². The predicted octanol–water partition coefficient (Wildman–Crippen LogP) is -0.281. The minimum absolute atomic E-state index is 0.0145. The van der Waals surface area contributed by atoms with Crippen LogP contribution in [0.3, 0.4) is 0 Å². The van der Waals surface area contributed by atoms with Crippen LogP contribution in [0.4, 0.5) is 5.95 Å². The van der Waals surface area contributed by atoms with E-state index in [1.54, 1.807) is 43.0 Å². The van der Waals surface area contributed by atoms with E-state index in [0.29, 0.717) is 43.8 Å². The van der Waals surface area contributed by atoms with Crippen molar-refractivity contribution in [3.05, 3.63) is 45.1 Å². The first-order valence-corrected chi connectivity index (χ1v) is 10.3. The Morgan fingerprint density at radius 2 is 1.75 bits per heavy atom. The van der Waals surface area contributed by atoms with Gasteiger partial charge in [-0.2, -0.15) is 4.98 Å². The lowest BCUT2D eigenvalue weighted by molar-refractivity contribution is 0.0927. The molecule has 172 valence electrons. The average Bonchev–Trinajstić information content (AvgIpc) is 3.20. The van der Waals surface area contributed by atoms with E-state index in [1.165, 1.54) is 11.6 Å². The van der Waals surface area contributed by atoms with Gasteiger partial charge in [0.1, 0.15) is 24.2 Å². The fraction of sp³-hybridized carbons (Fsp3) is 0.476. The van der Waals surface area contributed by atoms with Crippen molar-refractivity contribution in [2.24, 2.45) is 14.1 Å². The number of aryl methyl sites for hydroxylation is 1. The summed E-state index contributed by atoms with van der Waals surface area (Å²) in [5, 5.41) is 10.7. The number of anilines is 1. The van der Waals surface area contributed by atoms with Crippen molar-refractivity contribution in [1.29, 1.82) is 0 Å². The number of benzene rings is 1. The Kier molecular flexibility index (Phi) is 6.19. The summed E-state index contributed by atoms with van der Waals surface area (Å²) >= 11 is 0. The number of fused-ring (bicyclic) bond motifs is 1. The molecule has 0 aliphatic carbocycles. The van der Waals surface area contributed by atoms with Crippen molar-refractivity contribution in [3.8, 4) is 11.5 Å². The number of imidazole rings is 1. The van der Waals surface area contributed by atoms with Crippen LogP contribution in [0.2, 0.25) is 0 Å². The van der Waals surface area contributed by atoms with Gasteiger partial charge in [0, 0.05) is 27.2 Å². The molecule has 3 heterocycles. The van der Waals surface area contributed by atoms with E-state index in [-0.39, 0.29) is 24.3 Å². The van der Waals surface area contributed by atoms with Crippen LogP contribution in [0.15, 0.2) is 33.9 Å². The van der Waals surface area contributed by atoms with Gasteiger partial charge in [0.25, 0.3) is 5.56 Å². The molecule has 1 aliphatic rings. The van der Waals surface area contributed by atoms with Gasteiger partial charge in [-0.05, 0) is 24.3 Å². The highest BCUT2D eigenvalue weighted by molar-refractivity contribution is 5.74. The molecule has 11 nitrogen and oxygen atoms in total. The van der Waals surface area contributed by atoms with Gasteiger partial charge in [0.2, 0.25) is 5.95 Å². The first-order chi connectivity index (χ1) is 15.4. The van der Waals surface area contributed by atoms with Crippen LogP contribution < -0.4 is 25.6 Å². The maximum atomic E-state index is 13.0. The van der Waals surface area contributed by atoms with Gasteiger partial charge in [0.15, 0.2) is 11.2 Å². The number of aliphatic hydroxyl groups is 1. The average molecular weight is 445 g/mol. The molecule has 0 bridgehead atoms. The van der Waals surface area contributed by atoms with Crippen LogP contribution in [0.1, 0.15) is 0 Å². The Morgan fingerprint density at radius 1 is 1.09 bits per heavy atom. The number of methoxy groups -OCH3 is 1. The second-order valence-electron chi connectivity index (χ2n) is 7.64. The topological polar surface area (TPSA) is 113 Å². The van der Waals surface area contributed by atoms with Crippen LogP contribution >= 0.6 is 0 Å². The Morgan fingerprint density at radius 3 is 2.41 bits per heavy atom. The lowest BCUT2D eigenvalue weighted by Crippen LogP contribution is -2.39. The van der Waals surface area contributed by atoms with Crippen molar-refractivity contribution in [2.45, 2.75) is 12.6 Å². The monoisotopic (exact) mass is 445 g/mol. The summed E-state index contributed by atoms with van der Waals surface area (Å²) < 4.78 is 20.3. The van der Waals surface area contributed by atoms with Gasteiger partial charge >= 0.3 is 5.69 Å². The Hall–Kier alpha value is -3.31. The van der Waals surface area contributed by atoms with Gasteiger partial charge in [-0.3, -0.25) is 13.9 Å². The van der Waals surface area contributed by atoms with Gasteiger partial charge in [-0.25, -0.2) is 4.79 Å². The lowest BCUT2D eigenvalue weighted by atomic mass is 10.3. The number of aliphatic hydroxyl groups excluding tert-OH is 1. The highest BCUT2D eigenvalue weighted by atomic mass is 16.5. The fourth-order valence-corrected chi connectivity index (χ4v) is 3.74. The maximum Gasteiger partial charge on any atom is 0.332 e. The fourth-order valence-electron chi connectivity index (χ4n) is 3.74. The van der Waals surface area contributed by atoms with Crippen LogP contribution in [0, 0.1) is 0 Å². The standard InChI is InChI=1S/C21H27N5O6/c1-23-18-17(19(28)24(2)21(23)29)26(20(22-18)25-8-10-31-11-9-25)12-14(27)13-32-16-6-4-15(30-3)5-7-16/h4-7,14,27H,8-13H2,1-3H3. The molecule has 0 saturated carbocycles. The molecule has 1 atom stereocenters. The molecule has 0 amide bonds. The molecule has 32 heavy (non-hydrogen) atoms. The van der Waals surface area contributed by atoms with E-state index in [2.05, 4.69) is 4.98 Å². The molecule has 1 fully saturated rings. The van der Waals surface area contributed by atoms with Gasteiger partial charge < -0.3 is 28.8 Å². The minimum atomic E-state index is -0.920. The summed E-state index contributed by atoms with van der Waals surface area (Å²) in [5.74, 6) is 1.82. The number of aromatic nitrogens is 4. The molecule has 1 N–H and O–H groups in total. The SMILES string of the molecule is COc1ccc(OCC(O)Cn2c(N3CCOCC3)nc3c2c(=O)n(C)c(=O)n3C)cc1. The van der Waals surface area contributed by atoms with Crippen molar-refractivity contribution < 1.29 is 19.3 Å². The van der Waals surface area contributed by atoms with E-state index in [4.69, 9.17) is 14.2 Å². The summed E-state index contributed by atoms with van der Waals surface area (Å²) in [4.78, 5) is 31.9. The molecule has 2 aromatic heterocycles. The second kappa shape index (κ2) is 9.05. The number of morpholine rings is 1. The predicted molar refractivity (Wildman–Crippen MR) is 118 cm³/mol. The summed E-state index contributed by atoms with van der Waals surface area (Å²) in [5.41, 5.74) is -0.370. The Labute approximate surface area is 184 Å². The van der Waals surface area contributed by atoms with Crippen molar-refractivity contribution in [1.82, 2.24) is 18.7 Å². The number of hydrogen-bond donors (Lipinski definition) is 1. The Bertz CT molecular complexity index is 1210.